The highest BCUT2D eigenvalue weighted by molar-refractivity contribution is 6.32. The van der Waals surface area contributed by atoms with Crippen molar-refractivity contribution in [2.45, 2.75) is 20.4 Å². The molecular formula is C9H13ClN4O3. The molecule has 0 aliphatic heterocycles. The van der Waals surface area contributed by atoms with Crippen LogP contribution in [-0.2, 0) is 11.3 Å². The van der Waals surface area contributed by atoms with Gasteiger partial charge in [0.25, 0.3) is 0 Å². The third-order valence-corrected chi connectivity index (χ3v) is 2.55. The second-order valence-corrected chi connectivity index (χ2v) is 3.73. The molecule has 17 heavy (non-hydrogen) atoms. The predicted octanol–water partition coefficient (Wildman–Crippen LogP) is 1.31. The molecule has 0 aliphatic carbocycles. The lowest BCUT2D eigenvalue weighted by Gasteiger charge is -2.17. The average Bonchev–Trinajstić information content (AvgIpc) is 2.61. The van der Waals surface area contributed by atoms with E-state index in [0.717, 1.165) is 0 Å². The minimum Gasteiger partial charge on any atom is -0.358 e. The zero-order chi connectivity index (χ0) is 13.0. The Morgan fingerprint density at radius 1 is 1.59 bits per heavy atom. The van der Waals surface area contributed by atoms with Crippen molar-refractivity contribution in [3.05, 3.63) is 21.3 Å². The molecule has 0 spiro atoms. The number of carbonyl (C=O) groups excluding carboxylic acids is 1. The number of halogens is 1. The molecule has 0 radical (unpaired) electrons. The summed E-state index contributed by atoms with van der Waals surface area (Å²) < 4.78 is 1.18. The molecule has 0 aromatic carbocycles. The van der Waals surface area contributed by atoms with Gasteiger partial charge in [-0.2, -0.15) is 4.68 Å². The molecule has 0 bridgehead atoms. The van der Waals surface area contributed by atoms with Crippen molar-refractivity contribution in [1.29, 1.82) is 0 Å². The van der Waals surface area contributed by atoms with Crippen molar-refractivity contribution < 1.29 is 9.72 Å². The van der Waals surface area contributed by atoms with Crippen molar-refractivity contribution >= 4 is 23.3 Å². The summed E-state index contributed by atoms with van der Waals surface area (Å²) in [4.78, 5) is 23.2. The van der Waals surface area contributed by atoms with Crippen LogP contribution in [0.2, 0.25) is 5.02 Å². The SMILES string of the molecule is CCN(CC)C(=O)Cn1cc(Cl)c([N+](=O)[O-])n1. The van der Waals surface area contributed by atoms with Crippen molar-refractivity contribution in [2.24, 2.45) is 0 Å². The highest BCUT2D eigenvalue weighted by atomic mass is 35.5. The van der Waals surface area contributed by atoms with E-state index < -0.39 is 10.7 Å². The standard InChI is InChI=1S/C9H13ClN4O3/c1-3-12(4-2)8(15)6-13-5-7(10)9(11-13)14(16)17/h5H,3-4,6H2,1-2H3. The lowest BCUT2D eigenvalue weighted by Crippen LogP contribution is -2.33. The van der Waals surface area contributed by atoms with Crippen LogP contribution in [0.1, 0.15) is 13.8 Å². The first-order chi connectivity index (χ1) is 7.99. The monoisotopic (exact) mass is 260 g/mol. The number of nitrogens with zero attached hydrogens (tertiary/aromatic N) is 4. The summed E-state index contributed by atoms with van der Waals surface area (Å²) in [6.07, 6.45) is 1.28. The van der Waals surface area contributed by atoms with Gasteiger partial charge in [-0.3, -0.25) is 4.79 Å². The largest absolute Gasteiger partial charge is 0.408 e. The quantitative estimate of drug-likeness (QED) is 0.590. The van der Waals surface area contributed by atoms with Crippen molar-refractivity contribution in [3.63, 3.8) is 0 Å². The van der Waals surface area contributed by atoms with Crippen molar-refractivity contribution in [2.75, 3.05) is 13.1 Å². The third kappa shape index (κ3) is 3.16. The van der Waals surface area contributed by atoms with Crippen molar-refractivity contribution in [3.8, 4) is 0 Å². The molecule has 0 unspecified atom stereocenters. The Bertz CT molecular complexity index is 428. The van der Waals surface area contributed by atoms with Crippen LogP contribution >= 0.6 is 11.6 Å². The van der Waals surface area contributed by atoms with Gasteiger partial charge in [0.05, 0.1) is 11.3 Å². The number of nitro groups is 1. The lowest BCUT2D eigenvalue weighted by molar-refractivity contribution is -0.389. The number of hydrogen-bond acceptors (Lipinski definition) is 4. The van der Waals surface area contributed by atoms with Gasteiger partial charge < -0.3 is 15.0 Å². The Labute approximate surface area is 103 Å². The summed E-state index contributed by atoms with van der Waals surface area (Å²) in [6, 6.07) is 0. The number of likely N-dealkylation sites (N-methyl/N-ethyl adjacent to an activating group) is 1. The van der Waals surface area contributed by atoms with E-state index in [9.17, 15) is 14.9 Å². The van der Waals surface area contributed by atoms with Crippen LogP contribution < -0.4 is 0 Å². The minimum absolute atomic E-state index is 0.0464. The summed E-state index contributed by atoms with van der Waals surface area (Å²) in [5, 5.41) is 14.1. The van der Waals surface area contributed by atoms with Gasteiger partial charge in [0, 0.05) is 13.1 Å². The van der Waals surface area contributed by atoms with Crippen LogP contribution in [0.4, 0.5) is 5.82 Å². The second kappa shape index (κ2) is 5.62. The Morgan fingerprint density at radius 2 is 2.18 bits per heavy atom. The van der Waals surface area contributed by atoms with E-state index in [0.29, 0.717) is 13.1 Å². The first-order valence-corrected chi connectivity index (χ1v) is 5.52. The average molecular weight is 261 g/mol. The molecule has 1 rings (SSSR count). The zero-order valence-corrected chi connectivity index (χ0v) is 10.3. The molecule has 0 N–H and O–H groups in total. The molecule has 0 saturated heterocycles. The Balaban J connectivity index is 2.79. The fraction of sp³-hybridized carbons (Fsp3) is 0.556. The van der Waals surface area contributed by atoms with Crippen LogP contribution in [-0.4, -0.2) is 38.6 Å². The molecular weight excluding hydrogens is 248 g/mol. The first-order valence-electron chi connectivity index (χ1n) is 5.14. The molecule has 0 saturated carbocycles. The van der Waals surface area contributed by atoms with Crippen LogP contribution in [0.3, 0.4) is 0 Å². The Hall–Kier alpha value is -1.63. The second-order valence-electron chi connectivity index (χ2n) is 3.32. The number of hydrogen-bond donors (Lipinski definition) is 0. The van der Waals surface area contributed by atoms with E-state index in [1.54, 1.807) is 4.90 Å². The fourth-order valence-electron chi connectivity index (χ4n) is 1.41. The van der Waals surface area contributed by atoms with Gasteiger partial charge in [0.15, 0.2) is 5.02 Å². The highest BCUT2D eigenvalue weighted by Crippen LogP contribution is 2.21. The Morgan fingerprint density at radius 3 is 2.59 bits per heavy atom. The van der Waals surface area contributed by atoms with Gasteiger partial charge in [-0.1, -0.05) is 11.6 Å². The molecule has 1 aromatic heterocycles. The number of rotatable bonds is 5. The lowest BCUT2D eigenvalue weighted by atomic mass is 10.4. The smallest absolute Gasteiger partial charge is 0.358 e. The maximum Gasteiger partial charge on any atom is 0.408 e. The molecule has 8 heteroatoms. The number of amides is 1. The van der Waals surface area contributed by atoms with Crippen molar-refractivity contribution in [1.82, 2.24) is 14.7 Å². The van der Waals surface area contributed by atoms with Gasteiger partial charge in [-0.25, -0.2) is 0 Å². The first kappa shape index (κ1) is 13.4. The molecule has 0 fully saturated rings. The summed E-state index contributed by atoms with van der Waals surface area (Å²) in [5.74, 6) is -0.580. The molecule has 0 aliphatic rings. The normalized spacial score (nSPS) is 10.3. The number of carbonyl (C=O) groups is 1. The summed E-state index contributed by atoms with van der Waals surface area (Å²) >= 11 is 5.62. The molecule has 0 atom stereocenters. The number of aromatic nitrogens is 2. The van der Waals surface area contributed by atoms with E-state index in [1.807, 2.05) is 13.8 Å². The van der Waals surface area contributed by atoms with E-state index in [-0.39, 0.29) is 17.5 Å². The van der Waals surface area contributed by atoms with Gasteiger partial charge >= 0.3 is 5.82 Å². The molecule has 1 amide bonds. The molecule has 7 nitrogen and oxygen atoms in total. The van der Waals surface area contributed by atoms with Crippen LogP contribution in [0.25, 0.3) is 0 Å². The maximum atomic E-state index is 11.7. The third-order valence-electron chi connectivity index (χ3n) is 2.29. The van der Waals surface area contributed by atoms with E-state index in [2.05, 4.69) is 5.10 Å². The Kier molecular flexibility index (Phi) is 4.45. The molecule has 1 heterocycles. The van der Waals surface area contributed by atoms with E-state index in [1.165, 1.54) is 10.9 Å². The van der Waals surface area contributed by atoms with Gasteiger partial charge in [-0.05, 0) is 18.8 Å². The molecule has 94 valence electrons. The maximum absolute atomic E-state index is 11.7. The highest BCUT2D eigenvalue weighted by Gasteiger charge is 2.21. The van der Waals surface area contributed by atoms with Gasteiger partial charge in [0.1, 0.15) is 6.54 Å². The van der Waals surface area contributed by atoms with Gasteiger partial charge in [0.2, 0.25) is 5.91 Å². The van der Waals surface area contributed by atoms with Gasteiger partial charge in [-0.15, -0.1) is 0 Å². The van der Waals surface area contributed by atoms with Crippen LogP contribution in [0.15, 0.2) is 6.20 Å². The topological polar surface area (TPSA) is 81.3 Å². The van der Waals surface area contributed by atoms with E-state index in [4.69, 9.17) is 11.6 Å². The predicted molar refractivity (Wildman–Crippen MR) is 61.8 cm³/mol. The van der Waals surface area contributed by atoms with Crippen LogP contribution in [0, 0.1) is 10.1 Å². The summed E-state index contributed by atoms with van der Waals surface area (Å²) in [5.41, 5.74) is 0. The minimum atomic E-state index is -0.680. The fourth-order valence-corrected chi connectivity index (χ4v) is 1.63. The van der Waals surface area contributed by atoms with Crippen LogP contribution in [0.5, 0.6) is 0 Å². The molecule has 1 aromatic rings. The summed E-state index contributed by atoms with van der Waals surface area (Å²) in [7, 11) is 0. The summed E-state index contributed by atoms with van der Waals surface area (Å²) in [6.45, 7) is 4.86. The zero-order valence-electron chi connectivity index (χ0n) is 9.59. The van der Waals surface area contributed by atoms with E-state index >= 15 is 0 Å².